The average Bonchev–Trinajstić information content (AvgIpc) is 3.03. The Morgan fingerprint density at radius 1 is 1.44 bits per heavy atom. The van der Waals surface area contributed by atoms with E-state index in [1.165, 1.54) is 37.2 Å². The highest BCUT2D eigenvalue weighted by Gasteiger charge is 2.42. The molecule has 0 saturated heterocycles. The first kappa shape index (κ1) is 12.1. The van der Waals surface area contributed by atoms with Crippen molar-refractivity contribution in [3.05, 3.63) is 10.6 Å². The van der Waals surface area contributed by atoms with E-state index in [9.17, 15) is 4.79 Å². The normalized spacial score (nSPS) is 31.6. The van der Waals surface area contributed by atoms with Crippen LogP contribution in [0.2, 0.25) is 0 Å². The highest BCUT2D eigenvalue weighted by molar-refractivity contribution is 7.08. The molecule has 4 unspecified atom stereocenters. The van der Waals surface area contributed by atoms with Crippen molar-refractivity contribution >= 4 is 17.4 Å². The van der Waals surface area contributed by atoms with Crippen LogP contribution in [0.5, 0.6) is 0 Å². The summed E-state index contributed by atoms with van der Waals surface area (Å²) in [6.45, 7) is 3.98. The van der Waals surface area contributed by atoms with Crippen molar-refractivity contribution in [3.63, 3.8) is 0 Å². The van der Waals surface area contributed by atoms with Gasteiger partial charge in [-0.25, -0.2) is 0 Å². The second kappa shape index (κ2) is 4.61. The molecule has 1 aromatic heterocycles. The Labute approximate surface area is 111 Å². The van der Waals surface area contributed by atoms with Crippen molar-refractivity contribution in [2.75, 3.05) is 0 Å². The molecule has 0 aliphatic heterocycles. The van der Waals surface area contributed by atoms with Crippen LogP contribution in [0.3, 0.4) is 0 Å². The van der Waals surface area contributed by atoms with Gasteiger partial charge in [-0.05, 0) is 62.4 Å². The van der Waals surface area contributed by atoms with Crippen LogP contribution >= 0.6 is 11.5 Å². The highest BCUT2D eigenvalue weighted by atomic mass is 32.1. The minimum Gasteiger partial charge on any atom is -0.348 e. The van der Waals surface area contributed by atoms with Gasteiger partial charge in [0.1, 0.15) is 4.88 Å². The van der Waals surface area contributed by atoms with Crippen LogP contribution < -0.4 is 5.32 Å². The van der Waals surface area contributed by atoms with E-state index in [4.69, 9.17) is 0 Å². The fraction of sp³-hybridized carbons (Fsp3) is 0.769. The lowest BCUT2D eigenvalue weighted by Gasteiger charge is -2.28. The lowest BCUT2D eigenvalue weighted by Crippen LogP contribution is -2.40. The molecule has 2 aliphatic carbocycles. The SMILES string of the molecule is Cc1nnsc1C(=O)NC(C)C1CC2CCC1C2. The Hall–Kier alpha value is -0.970. The molecule has 5 heteroatoms. The number of hydrogen-bond acceptors (Lipinski definition) is 4. The first-order valence-corrected chi connectivity index (χ1v) is 7.52. The molecule has 1 heterocycles. The number of nitrogens with zero attached hydrogens (tertiary/aromatic N) is 2. The third-order valence-electron chi connectivity index (χ3n) is 4.65. The van der Waals surface area contributed by atoms with Gasteiger partial charge in [-0.2, -0.15) is 0 Å². The number of amides is 1. The number of hydrogen-bond donors (Lipinski definition) is 1. The fourth-order valence-electron chi connectivity index (χ4n) is 3.73. The van der Waals surface area contributed by atoms with Crippen molar-refractivity contribution in [2.45, 2.75) is 45.6 Å². The summed E-state index contributed by atoms with van der Waals surface area (Å²) in [4.78, 5) is 12.8. The van der Waals surface area contributed by atoms with Crippen molar-refractivity contribution in [3.8, 4) is 0 Å². The average molecular weight is 265 g/mol. The van der Waals surface area contributed by atoms with Crippen molar-refractivity contribution in [1.82, 2.24) is 14.9 Å². The smallest absolute Gasteiger partial charge is 0.265 e. The Morgan fingerprint density at radius 2 is 2.28 bits per heavy atom. The maximum absolute atomic E-state index is 12.1. The zero-order valence-corrected chi connectivity index (χ0v) is 11.7. The summed E-state index contributed by atoms with van der Waals surface area (Å²) < 4.78 is 3.82. The monoisotopic (exact) mass is 265 g/mol. The minimum atomic E-state index is -0.00206. The summed E-state index contributed by atoms with van der Waals surface area (Å²) in [5.41, 5.74) is 0.734. The number of carbonyl (C=O) groups is 1. The van der Waals surface area contributed by atoms with Crippen LogP contribution in [0, 0.1) is 24.7 Å². The lowest BCUT2D eigenvalue weighted by atomic mass is 9.84. The summed E-state index contributed by atoms with van der Waals surface area (Å²) in [6.07, 6.45) is 5.44. The molecular weight excluding hydrogens is 246 g/mol. The molecule has 0 spiro atoms. The second-order valence-electron chi connectivity index (χ2n) is 5.79. The summed E-state index contributed by atoms with van der Waals surface area (Å²) in [6, 6.07) is 0.272. The van der Waals surface area contributed by atoms with Crippen molar-refractivity contribution in [1.29, 1.82) is 0 Å². The minimum absolute atomic E-state index is 0.00206. The van der Waals surface area contributed by atoms with Gasteiger partial charge in [0.2, 0.25) is 0 Å². The fourth-order valence-corrected chi connectivity index (χ4v) is 4.29. The van der Waals surface area contributed by atoms with Crippen LogP contribution in [0.1, 0.15) is 48.0 Å². The standard InChI is InChI=1S/C13H19N3OS/c1-7(11-6-9-3-4-10(11)5-9)14-13(17)12-8(2)15-16-18-12/h7,9-11H,3-6H2,1-2H3,(H,14,17). The Bertz CT molecular complexity index is 459. The molecular formula is C13H19N3OS. The van der Waals surface area contributed by atoms with Gasteiger partial charge in [-0.15, -0.1) is 5.10 Å². The first-order valence-electron chi connectivity index (χ1n) is 6.75. The highest BCUT2D eigenvalue weighted by Crippen LogP contribution is 2.49. The molecule has 4 atom stereocenters. The van der Waals surface area contributed by atoms with Gasteiger partial charge in [0.15, 0.2) is 0 Å². The predicted octanol–water partition coefficient (Wildman–Crippen LogP) is 2.40. The molecule has 98 valence electrons. The number of rotatable bonds is 3. The maximum Gasteiger partial charge on any atom is 0.265 e. The zero-order valence-electron chi connectivity index (χ0n) is 10.8. The van der Waals surface area contributed by atoms with E-state index >= 15 is 0 Å². The third kappa shape index (κ3) is 2.05. The van der Waals surface area contributed by atoms with Crippen LogP contribution in [-0.4, -0.2) is 21.5 Å². The molecule has 2 bridgehead atoms. The third-order valence-corrected chi connectivity index (χ3v) is 5.48. The molecule has 2 aliphatic rings. The molecule has 2 saturated carbocycles. The number of nitrogens with one attached hydrogen (secondary N) is 1. The van der Waals surface area contributed by atoms with E-state index in [-0.39, 0.29) is 11.9 Å². The first-order chi connectivity index (χ1) is 8.65. The Morgan fingerprint density at radius 3 is 2.83 bits per heavy atom. The van der Waals surface area contributed by atoms with Gasteiger partial charge in [0, 0.05) is 6.04 Å². The summed E-state index contributed by atoms with van der Waals surface area (Å²) in [5.74, 6) is 2.43. The predicted molar refractivity (Wildman–Crippen MR) is 70.5 cm³/mol. The van der Waals surface area contributed by atoms with E-state index in [0.29, 0.717) is 10.8 Å². The largest absolute Gasteiger partial charge is 0.348 e. The van der Waals surface area contributed by atoms with Gasteiger partial charge in [0.05, 0.1) is 5.69 Å². The molecule has 3 rings (SSSR count). The zero-order chi connectivity index (χ0) is 12.7. The lowest BCUT2D eigenvalue weighted by molar-refractivity contribution is 0.0918. The van der Waals surface area contributed by atoms with Gasteiger partial charge in [0.25, 0.3) is 5.91 Å². The molecule has 1 aromatic rings. The number of fused-ring (bicyclic) bond motifs is 2. The van der Waals surface area contributed by atoms with Gasteiger partial charge < -0.3 is 5.32 Å². The topological polar surface area (TPSA) is 54.9 Å². The van der Waals surface area contributed by atoms with E-state index in [1.807, 2.05) is 6.92 Å². The number of aromatic nitrogens is 2. The summed E-state index contributed by atoms with van der Waals surface area (Å²) in [7, 11) is 0. The van der Waals surface area contributed by atoms with Crippen LogP contribution in [0.4, 0.5) is 0 Å². The molecule has 0 radical (unpaired) electrons. The second-order valence-corrected chi connectivity index (χ2v) is 6.54. The Balaban J connectivity index is 1.63. The molecule has 0 aromatic carbocycles. The van der Waals surface area contributed by atoms with E-state index in [2.05, 4.69) is 21.8 Å². The molecule has 2 fully saturated rings. The number of carbonyl (C=O) groups excluding carboxylic acids is 1. The molecule has 1 N–H and O–H groups in total. The number of aryl methyl sites for hydroxylation is 1. The van der Waals surface area contributed by atoms with Crippen LogP contribution in [0.15, 0.2) is 0 Å². The Kier molecular flexibility index (Phi) is 3.09. The van der Waals surface area contributed by atoms with E-state index in [1.54, 1.807) is 0 Å². The van der Waals surface area contributed by atoms with Crippen LogP contribution in [0.25, 0.3) is 0 Å². The van der Waals surface area contributed by atoms with Crippen molar-refractivity contribution < 1.29 is 4.79 Å². The van der Waals surface area contributed by atoms with Crippen molar-refractivity contribution in [2.24, 2.45) is 17.8 Å². The summed E-state index contributed by atoms with van der Waals surface area (Å²) >= 11 is 1.18. The molecule has 4 nitrogen and oxygen atoms in total. The van der Waals surface area contributed by atoms with Crippen LogP contribution in [-0.2, 0) is 0 Å². The van der Waals surface area contributed by atoms with E-state index in [0.717, 1.165) is 17.5 Å². The van der Waals surface area contributed by atoms with Gasteiger partial charge >= 0.3 is 0 Å². The molecule has 18 heavy (non-hydrogen) atoms. The maximum atomic E-state index is 12.1. The van der Waals surface area contributed by atoms with E-state index < -0.39 is 0 Å². The molecule has 1 amide bonds. The van der Waals surface area contributed by atoms with Gasteiger partial charge in [-0.1, -0.05) is 10.9 Å². The quantitative estimate of drug-likeness (QED) is 0.913. The summed E-state index contributed by atoms with van der Waals surface area (Å²) in [5, 5.41) is 7.03. The van der Waals surface area contributed by atoms with Gasteiger partial charge in [-0.3, -0.25) is 4.79 Å².